The Hall–Kier alpha value is -1.65. The van der Waals surface area contributed by atoms with Gasteiger partial charge in [0, 0.05) is 16.8 Å². The maximum atomic E-state index is 5.98. The van der Waals surface area contributed by atoms with Crippen molar-refractivity contribution >= 4 is 34.7 Å². The van der Waals surface area contributed by atoms with Crippen LogP contribution in [-0.2, 0) is 6.42 Å². The Balaban J connectivity index is 1.62. The number of thiocarbonyl (C=S) groups is 1. The summed E-state index contributed by atoms with van der Waals surface area (Å²) in [6.07, 6.45) is 8.68. The van der Waals surface area contributed by atoms with Crippen LogP contribution in [-0.4, -0.2) is 15.6 Å². The van der Waals surface area contributed by atoms with E-state index in [0.717, 1.165) is 42.1 Å². The molecular formula is C20H24ClN3S. The Labute approximate surface area is 160 Å². The van der Waals surface area contributed by atoms with Gasteiger partial charge in [0.25, 0.3) is 0 Å². The van der Waals surface area contributed by atoms with Gasteiger partial charge >= 0.3 is 0 Å². The van der Waals surface area contributed by atoms with Crippen molar-refractivity contribution in [3.63, 3.8) is 0 Å². The van der Waals surface area contributed by atoms with E-state index in [2.05, 4.69) is 27.8 Å². The van der Waals surface area contributed by atoms with E-state index in [1.807, 2.05) is 31.2 Å². The van der Waals surface area contributed by atoms with Crippen LogP contribution >= 0.6 is 23.8 Å². The molecule has 1 saturated carbocycles. The molecule has 0 atom stereocenters. The molecule has 25 heavy (non-hydrogen) atoms. The first-order valence-electron chi connectivity index (χ1n) is 8.82. The van der Waals surface area contributed by atoms with E-state index >= 15 is 0 Å². The molecule has 0 radical (unpaired) electrons. The van der Waals surface area contributed by atoms with Gasteiger partial charge in [-0.2, -0.15) is 0 Å². The van der Waals surface area contributed by atoms with Gasteiger partial charge in [-0.25, -0.2) is 4.98 Å². The first-order chi connectivity index (χ1) is 12.1. The van der Waals surface area contributed by atoms with E-state index in [0.29, 0.717) is 5.11 Å². The zero-order chi connectivity index (χ0) is 17.7. The number of pyridine rings is 1. The van der Waals surface area contributed by atoms with E-state index in [9.17, 15) is 0 Å². The number of nitrogens with one attached hydrogen (secondary N) is 2. The van der Waals surface area contributed by atoms with Crippen molar-refractivity contribution in [2.45, 2.75) is 51.0 Å². The first kappa shape index (κ1) is 18.2. The van der Waals surface area contributed by atoms with Crippen molar-refractivity contribution in [1.29, 1.82) is 0 Å². The van der Waals surface area contributed by atoms with E-state index in [1.54, 1.807) is 6.20 Å². The molecule has 3 nitrogen and oxygen atoms in total. The zero-order valence-corrected chi connectivity index (χ0v) is 16.1. The summed E-state index contributed by atoms with van der Waals surface area (Å²) in [5, 5.41) is 8.32. The molecule has 1 aliphatic carbocycles. The highest BCUT2D eigenvalue weighted by atomic mass is 35.5. The fourth-order valence-electron chi connectivity index (χ4n) is 3.52. The number of benzene rings is 1. The number of aromatic nitrogens is 1. The number of halogens is 1. The van der Waals surface area contributed by atoms with E-state index in [1.165, 1.54) is 18.4 Å². The smallest absolute Gasteiger partial charge is 0.172 e. The number of nitrogens with zero attached hydrogens (tertiary/aromatic N) is 1. The molecule has 2 aromatic rings. The van der Waals surface area contributed by atoms with Crippen LogP contribution in [0.4, 0.5) is 5.82 Å². The minimum atomic E-state index is 0.0758. The second-order valence-corrected chi connectivity index (χ2v) is 7.71. The van der Waals surface area contributed by atoms with Gasteiger partial charge in [-0.3, -0.25) is 0 Å². The lowest BCUT2D eigenvalue weighted by molar-refractivity contribution is 0.362. The maximum absolute atomic E-state index is 5.98. The van der Waals surface area contributed by atoms with Gasteiger partial charge in [0.1, 0.15) is 5.82 Å². The highest BCUT2D eigenvalue weighted by molar-refractivity contribution is 7.80. The Morgan fingerprint density at radius 2 is 1.92 bits per heavy atom. The molecule has 1 aromatic carbocycles. The van der Waals surface area contributed by atoms with Gasteiger partial charge in [-0.05, 0) is 74.2 Å². The highest BCUT2D eigenvalue weighted by Gasteiger charge is 2.34. The van der Waals surface area contributed by atoms with Crippen LogP contribution in [0, 0.1) is 6.92 Å². The van der Waals surface area contributed by atoms with Crippen molar-refractivity contribution < 1.29 is 0 Å². The molecule has 1 aliphatic rings. The summed E-state index contributed by atoms with van der Waals surface area (Å²) in [4.78, 5) is 4.37. The number of rotatable bonds is 5. The van der Waals surface area contributed by atoms with Crippen molar-refractivity contribution in [2.75, 3.05) is 5.32 Å². The second kappa shape index (κ2) is 8.15. The summed E-state index contributed by atoms with van der Waals surface area (Å²) in [7, 11) is 0. The largest absolute Gasteiger partial charge is 0.357 e. The van der Waals surface area contributed by atoms with Crippen molar-refractivity contribution in [1.82, 2.24) is 10.3 Å². The average Bonchev–Trinajstić information content (AvgIpc) is 3.05. The first-order valence-corrected chi connectivity index (χ1v) is 9.60. The summed E-state index contributed by atoms with van der Waals surface area (Å²) in [6, 6.07) is 12.1. The lowest BCUT2D eigenvalue weighted by Gasteiger charge is -2.32. The SMILES string of the molecule is Cc1cccnc1NC(=S)NC1(CCc2ccc(Cl)cc2)CCCC1. The third kappa shape index (κ3) is 4.93. The molecule has 1 fully saturated rings. The third-order valence-corrected chi connectivity index (χ3v) is 5.44. The number of hydrogen-bond donors (Lipinski definition) is 2. The monoisotopic (exact) mass is 373 g/mol. The Morgan fingerprint density at radius 1 is 1.20 bits per heavy atom. The van der Waals surface area contributed by atoms with Gasteiger partial charge in [-0.1, -0.05) is 42.6 Å². The minimum Gasteiger partial charge on any atom is -0.357 e. The highest BCUT2D eigenvalue weighted by Crippen LogP contribution is 2.34. The molecule has 132 valence electrons. The molecule has 0 aliphatic heterocycles. The van der Waals surface area contributed by atoms with Crippen LogP contribution in [0.5, 0.6) is 0 Å². The topological polar surface area (TPSA) is 37.0 Å². The van der Waals surface area contributed by atoms with Crippen LogP contribution in [0.15, 0.2) is 42.6 Å². The average molecular weight is 374 g/mol. The lowest BCUT2D eigenvalue weighted by Crippen LogP contribution is -2.48. The zero-order valence-electron chi connectivity index (χ0n) is 14.5. The molecule has 0 saturated heterocycles. The van der Waals surface area contributed by atoms with E-state index in [-0.39, 0.29) is 5.54 Å². The number of anilines is 1. The van der Waals surface area contributed by atoms with Crippen molar-refractivity contribution in [2.24, 2.45) is 0 Å². The van der Waals surface area contributed by atoms with Gasteiger partial charge in [-0.15, -0.1) is 0 Å². The fourth-order valence-corrected chi connectivity index (χ4v) is 3.96. The lowest BCUT2D eigenvalue weighted by atomic mass is 9.89. The molecule has 2 N–H and O–H groups in total. The van der Waals surface area contributed by atoms with Crippen LogP contribution in [0.25, 0.3) is 0 Å². The van der Waals surface area contributed by atoms with Crippen LogP contribution in [0.1, 0.15) is 43.2 Å². The molecule has 0 bridgehead atoms. The van der Waals surface area contributed by atoms with E-state index in [4.69, 9.17) is 23.8 Å². The van der Waals surface area contributed by atoms with Crippen molar-refractivity contribution in [3.8, 4) is 0 Å². The molecule has 0 spiro atoms. The van der Waals surface area contributed by atoms with Gasteiger partial charge in [0.15, 0.2) is 5.11 Å². The molecule has 3 rings (SSSR count). The Morgan fingerprint density at radius 3 is 2.60 bits per heavy atom. The maximum Gasteiger partial charge on any atom is 0.172 e. The van der Waals surface area contributed by atoms with Gasteiger partial charge in [0.2, 0.25) is 0 Å². The molecule has 0 amide bonds. The Bertz CT molecular complexity index is 724. The van der Waals surface area contributed by atoms with Crippen molar-refractivity contribution in [3.05, 3.63) is 58.7 Å². The summed E-state index contributed by atoms with van der Waals surface area (Å²) in [5.74, 6) is 0.825. The minimum absolute atomic E-state index is 0.0758. The van der Waals surface area contributed by atoms with Gasteiger partial charge < -0.3 is 10.6 Å². The summed E-state index contributed by atoms with van der Waals surface area (Å²) in [5.41, 5.74) is 2.48. The van der Waals surface area contributed by atoms with Gasteiger partial charge in [0.05, 0.1) is 0 Å². The summed E-state index contributed by atoms with van der Waals surface area (Å²) < 4.78 is 0. The third-order valence-electron chi connectivity index (χ3n) is 4.99. The molecule has 5 heteroatoms. The number of aryl methyl sites for hydroxylation is 2. The Kier molecular flexibility index (Phi) is 5.92. The molecule has 1 heterocycles. The predicted octanol–water partition coefficient (Wildman–Crippen LogP) is 5.28. The molecule has 0 unspecified atom stereocenters. The summed E-state index contributed by atoms with van der Waals surface area (Å²) >= 11 is 11.6. The standard InChI is InChI=1S/C20H24ClN3S/c1-15-5-4-14-22-18(15)23-19(25)24-20(11-2-3-12-20)13-10-16-6-8-17(21)9-7-16/h4-9,14H,2-3,10-13H2,1H3,(H2,22,23,24,25). The molecule has 1 aromatic heterocycles. The second-order valence-electron chi connectivity index (χ2n) is 6.86. The van der Waals surface area contributed by atoms with E-state index < -0.39 is 0 Å². The van der Waals surface area contributed by atoms with Crippen LogP contribution in [0.2, 0.25) is 5.02 Å². The van der Waals surface area contributed by atoms with Crippen LogP contribution < -0.4 is 10.6 Å². The normalized spacial score (nSPS) is 15.8. The summed E-state index contributed by atoms with van der Waals surface area (Å²) in [6.45, 7) is 2.03. The number of hydrogen-bond acceptors (Lipinski definition) is 2. The fraction of sp³-hybridized carbons (Fsp3) is 0.400. The molecular weight excluding hydrogens is 350 g/mol. The quantitative estimate of drug-likeness (QED) is 0.699. The van der Waals surface area contributed by atoms with Crippen LogP contribution in [0.3, 0.4) is 0 Å². The predicted molar refractivity (Wildman–Crippen MR) is 109 cm³/mol.